The molecule has 0 amide bonds. The van der Waals surface area contributed by atoms with E-state index in [1.54, 1.807) is 18.3 Å². The molecule has 6 heteroatoms. The first-order valence-corrected chi connectivity index (χ1v) is 8.59. The van der Waals surface area contributed by atoms with Crippen LogP contribution in [0.25, 0.3) is 0 Å². The first-order valence-electron chi connectivity index (χ1n) is 5.82. The lowest BCUT2D eigenvalue weighted by Gasteiger charge is -2.18. The number of nitrogens with zero attached hydrogens (tertiary/aromatic N) is 1. The summed E-state index contributed by atoms with van der Waals surface area (Å²) >= 11 is 1.54. The summed E-state index contributed by atoms with van der Waals surface area (Å²) in [5.74, 6) is 0.315. The second-order valence-electron chi connectivity index (χ2n) is 4.66. The lowest BCUT2D eigenvalue weighted by atomic mass is 9.91. The summed E-state index contributed by atoms with van der Waals surface area (Å²) in [5.41, 5.74) is 6.79. The van der Waals surface area contributed by atoms with Gasteiger partial charge in [0, 0.05) is 23.6 Å². The number of fused-ring (bicyclic) bond motifs is 1. The average molecular weight is 274 g/mol. The summed E-state index contributed by atoms with van der Waals surface area (Å²) in [7, 11) is -3.06. The first kappa shape index (κ1) is 13.0. The SMILES string of the molecule is CC(c1nc2c(s1)CCCC2CN)S(C)(=O)=O. The third kappa shape index (κ3) is 2.53. The summed E-state index contributed by atoms with van der Waals surface area (Å²) in [4.78, 5) is 5.76. The Balaban J connectivity index is 2.37. The van der Waals surface area contributed by atoms with Gasteiger partial charge in [-0.3, -0.25) is 0 Å². The van der Waals surface area contributed by atoms with Crippen LogP contribution in [0, 0.1) is 0 Å². The zero-order chi connectivity index (χ0) is 12.6. The highest BCUT2D eigenvalue weighted by atomic mass is 32.2. The summed E-state index contributed by atoms with van der Waals surface area (Å²) in [5, 5.41) is 0.217. The van der Waals surface area contributed by atoms with Gasteiger partial charge in [0.15, 0.2) is 9.84 Å². The molecular formula is C11H18N2O2S2. The lowest BCUT2D eigenvalue weighted by molar-refractivity contribution is 0.552. The highest BCUT2D eigenvalue weighted by Crippen LogP contribution is 2.37. The molecule has 1 aromatic rings. The monoisotopic (exact) mass is 274 g/mol. The van der Waals surface area contributed by atoms with Crippen molar-refractivity contribution in [2.24, 2.45) is 5.73 Å². The van der Waals surface area contributed by atoms with Gasteiger partial charge in [0.25, 0.3) is 0 Å². The molecule has 0 aliphatic heterocycles. The number of nitrogens with two attached hydrogens (primary N) is 1. The fourth-order valence-electron chi connectivity index (χ4n) is 2.11. The Hall–Kier alpha value is -0.460. The molecule has 0 bridgehead atoms. The van der Waals surface area contributed by atoms with Gasteiger partial charge in [-0.05, 0) is 26.2 Å². The minimum Gasteiger partial charge on any atom is -0.330 e. The third-order valence-corrected chi connectivity index (χ3v) is 6.33. The quantitative estimate of drug-likeness (QED) is 0.909. The minimum absolute atomic E-state index is 0.315. The van der Waals surface area contributed by atoms with Crippen molar-refractivity contribution in [3.05, 3.63) is 15.6 Å². The Morgan fingerprint density at radius 2 is 2.29 bits per heavy atom. The van der Waals surface area contributed by atoms with Crippen molar-refractivity contribution in [2.75, 3.05) is 12.8 Å². The van der Waals surface area contributed by atoms with Crippen molar-refractivity contribution >= 4 is 21.2 Å². The van der Waals surface area contributed by atoms with E-state index in [0.717, 1.165) is 30.0 Å². The van der Waals surface area contributed by atoms with E-state index < -0.39 is 15.1 Å². The van der Waals surface area contributed by atoms with E-state index in [-0.39, 0.29) is 0 Å². The van der Waals surface area contributed by atoms with Gasteiger partial charge in [-0.2, -0.15) is 0 Å². The van der Waals surface area contributed by atoms with Crippen molar-refractivity contribution in [3.63, 3.8) is 0 Å². The fraction of sp³-hybridized carbons (Fsp3) is 0.727. The molecule has 2 atom stereocenters. The number of aromatic nitrogens is 1. The van der Waals surface area contributed by atoms with E-state index in [1.165, 1.54) is 11.1 Å². The fourth-order valence-corrected chi connectivity index (χ4v) is 4.33. The van der Waals surface area contributed by atoms with Gasteiger partial charge >= 0.3 is 0 Å². The summed E-state index contributed by atoms with van der Waals surface area (Å²) in [6.07, 6.45) is 4.47. The Kier molecular flexibility index (Phi) is 3.56. The van der Waals surface area contributed by atoms with E-state index in [0.29, 0.717) is 12.5 Å². The van der Waals surface area contributed by atoms with Gasteiger partial charge in [0.05, 0.1) is 5.69 Å². The molecule has 4 nitrogen and oxygen atoms in total. The molecule has 0 fully saturated rings. The van der Waals surface area contributed by atoms with E-state index in [9.17, 15) is 8.42 Å². The van der Waals surface area contributed by atoms with Crippen LogP contribution in [0.15, 0.2) is 0 Å². The number of sulfone groups is 1. The van der Waals surface area contributed by atoms with E-state index in [2.05, 4.69) is 4.98 Å². The molecule has 0 radical (unpaired) electrons. The second kappa shape index (κ2) is 4.66. The molecule has 1 aromatic heterocycles. The van der Waals surface area contributed by atoms with Crippen LogP contribution in [0.2, 0.25) is 0 Å². The zero-order valence-corrected chi connectivity index (χ0v) is 11.8. The molecule has 2 N–H and O–H groups in total. The average Bonchev–Trinajstić information content (AvgIpc) is 2.69. The number of hydrogen-bond acceptors (Lipinski definition) is 5. The number of aryl methyl sites for hydroxylation is 1. The molecule has 0 saturated carbocycles. The maximum atomic E-state index is 11.5. The topological polar surface area (TPSA) is 73.0 Å². The Morgan fingerprint density at radius 1 is 1.59 bits per heavy atom. The van der Waals surface area contributed by atoms with Crippen LogP contribution in [0.4, 0.5) is 0 Å². The van der Waals surface area contributed by atoms with Gasteiger partial charge in [0.2, 0.25) is 0 Å². The van der Waals surface area contributed by atoms with Crippen LogP contribution in [-0.2, 0) is 16.3 Å². The molecule has 2 unspecified atom stereocenters. The molecule has 17 heavy (non-hydrogen) atoms. The summed E-state index contributed by atoms with van der Waals surface area (Å²) in [6.45, 7) is 2.31. The van der Waals surface area contributed by atoms with E-state index in [1.807, 2.05) is 0 Å². The predicted molar refractivity (Wildman–Crippen MR) is 70.1 cm³/mol. The maximum absolute atomic E-state index is 11.5. The van der Waals surface area contributed by atoms with E-state index >= 15 is 0 Å². The van der Waals surface area contributed by atoms with Gasteiger partial charge in [-0.15, -0.1) is 11.3 Å². The molecule has 1 heterocycles. The second-order valence-corrected chi connectivity index (χ2v) is 8.14. The summed E-state index contributed by atoms with van der Waals surface area (Å²) < 4.78 is 23.1. The number of hydrogen-bond donors (Lipinski definition) is 1. The summed E-state index contributed by atoms with van der Waals surface area (Å²) in [6, 6.07) is 0. The largest absolute Gasteiger partial charge is 0.330 e. The molecular weight excluding hydrogens is 256 g/mol. The van der Waals surface area contributed by atoms with Crippen molar-refractivity contribution in [2.45, 2.75) is 37.4 Å². The third-order valence-electron chi connectivity index (χ3n) is 3.36. The van der Waals surface area contributed by atoms with Gasteiger partial charge < -0.3 is 5.73 Å². The van der Waals surface area contributed by atoms with Crippen LogP contribution in [0.3, 0.4) is 0 Å². The molecule has 2 rings (SSSR count). The normalized spacial score (nSPS) is 22.2. The van der Waals surface area contributed by atoms with Crippen molar-refractivity contribution in [3.8, 4) is 0 Å². The molecule has 0 aromatic carbocycles. The Labute approximate surface area is 106 Å². The molecule has 96 valence electrons. The van der Waals surface area contributed by atoms with Gasteiger partial charge in [-0.1, -0.05) is 0 Å². The van der Waals surface area contributed by atoms with Gasteiger partial charge in [0.1, 0.15) is 10.3 Å². The highest BCUT2D eigenvalue weighted by molar-refractivity contribution is 7.91. The standard InChI is InChI=1S/C11H18N2O2S2/c1-7(17(2,14)15)11-13-10-8(6-12)4-3-5-9(10)16-11/h7-8H,3-6,12H2,1-2H3. The Bertz CT molecular complexity index is 508. The van der Waals surface area contributed by atoms with Crippen molar-refractivity contribution in [1.82, 2.24) is 4.98 Å². The molecule has 1 aliphatic carbocycles. The number of thiazole rings is 1. The molecule has 0 spiro atoms. The molecule has 1 aliphatic rings. The highest BCUT2D eigenvalue weighted by Gasteiger charge is 2.28. The first-order chi connectivity index (χ1) is 7.93. The smallest absolute Gasteiger partial charge is 0.156 e. The van der Waals surface area contributed by atoms with Crippen molar-refractivity contribution in [1.29, 1.82) is 0 Å². The van der Waals surface area contributed by atoms with E-state index in [4.69, 9.17) is 5.73 Å². The van der Waals surface area contributed by atoms with Gasteiger partial charge in [-0.25, -0.2) is 13.4 Å². The maximum Gasteiger partial charge on any atom is 0.156 e. The van der Waals surface area contributed by atoms with Crippen LogP contribution < -0.4 is 5.73 Å². The van der Waals surface area contributed by atoms with Crippen LogP contribution in [0.1, 0.15) is 46.5 Å². The van der Waals surface area contributed by atoms with Crippen LogP contribution >= 0.6 is 11.3 Å². The number of rotatable bonds is 3. The Morgan fingerprint density at radius 3 is 2.88 bits per heavy atom. The molecule has 0 saturated heterocycles. The zero-order valence-electron chi connectivity index (χ0n) is 10.1. The van der Waals surface area contributed by atoms with Crippen molar-refractivity contribution < 1.29 is 8.42 Å². The van der Waals surface area contributed by atoms with Crippen LogP contribution in [0.5, 0.6) is 0 Å². The lowest BCUT2D eigenvalue weighted by Crippen LogP contribution is -2.17. The predicted octanol–water partition coefficient (Wildman–Crippen LogP) is 1.63. The van der Waals surface area contributed by atoms with Crippen LogP contribution in [-0.4, -0.2) is 26.2 Å². The minimum atomic E-state index is -3.06.